The summed E-state index contributed by atoms with van der Waals surface area (Å²) < 4.78 is 0. The predicted octanol–water partition coefficient (Wildman–Crippen LogP) is 2.88. The number of piperidine rings is 1. The number of carbonyl (C=O) groups is 2. The molecule has 3 rings (SSSR count). The van der Waals surface area contributed by atoms with Crippen LogP contribution in [0.2, 0.25) is 0 Å². The lowest BCUT2D eigenvalue weighted by Gasteiger charge is -2.31. The first-order valence-electron chi connectivity index (χ1n) is 8.79. The van der Waals surface area contributed by atoms with E-state index in [1.54, 1.807) is 35.6 Å². The quantitative estimate of drug-likeness (QED) is 0.729. The fourth-order valence-electron chi connectivity index (χ4n) is 3.16. The Labute approximate surface area is 157 Å². The number of nitrogens with one attached hydrogen (secondary N) is 2. The normalized spacial score (nSPS) is 15.5. The van der Waals surface area contributed by atoms with Crippen molar-refractivity contribution < 1.29 is 9.59 Å². The van der Waals surface area contributed by atoms with E-state index in [0.717, 1.165) is 32.5 Å². The molecule has 3 amide bonds. The van der Waals surface area contributed by atoms with Gasteiger partial charge in [-0.05, 0) is 67.6 Å². The third kappa shape index (κ3) is 5.31. The molecule has 1 aliphatic rings. The molecule has 4 N–H and O–H groups in total. The highest BCUT2D eigenvalue weighted by atomic mass is 32.1. The van der Waals surface area contributed by atoms with Crippen LogP contribution in [0.3, 0.4) is 0 Å². The molecular weight excluding hydrogens is 348 g/mol. The third-order valence-electron chi connectivity index (χ3n) is 4.63. The minimum atomic E-state index is -0.618. The summed E-state index contributed by atoms with van der Waals surface area (Å²) in [6, 6.07) is 10.4. The van der Waals surface area contributed by atoms with Crippen LogP contribution < -0.4 is 16.4 Å². The van der Waals surface area contributed by atoms with Gasteiger partial charge in [0.05, 0.1) is 0 Å². The fourth-order valence-corrected chi connectivity index (χ4v) is 3.90. The molecule has 1 aromatic heterocycles. The van der Waals surface area contributed by atoms with Gasteiger partial charge in [0.1, 0.15) is 0 Å². The van der Waals surface area contributed by atoms with Crippen LogP contribution in [0.1, 0.15) is 28.1 Å². The second-order valence-corrected chi connectivity index (χ2v) is 7.61. The van der Waals surface area contributed by atoms with E-state index in [0.29, 0.717) is 23.7 Å². The van der Waals surface area contributed by atoms with Crippen LogP contribution in [0.15, 0.2) is 41.8 Å². The maximum atomic E-state index is 12.3. The molecule has 26 heavy (non-hydrogen) atoms. The number of likely N-dealkylation sites (tertiary alicyclic amines) is 1. The number of hydrogen-bond donors (Lipinski definition) is 3. The Bertz CT molecular complexity index is 723. The summed E-state index contributed by atoms with van der Waals surface area (Å²) in [6.07, 6.45) is 2.21. The molecule has 1 aliphatic heterocycles. The maximum Gasteiger partial charge on any atom is 0.316 e. The highest BCUT2D eigenvalue weighted by Gasteiger charge is 2.20. The van der Waals surface area contributed by atoms with E-state index in [4.69, 9.17) is 5.73 Å². The van der Waals surface area contributed by atoms with E-state index >= 15 is 0 Å². The number of urea groups is 1. The van der Waals surface area contributed by atoms with Gasteiger partial charge in [0.15, 0.2) is 0 Å². The molecule has 1 fully saturated rings. The fraction of sp³-hybridized carbons (Fsp3) is 0.368. The summed E-state index contributed by atoms with van der Waals surface area (Å²) in [5.41, 5.74) is 6.22. The molecule has 1 aromatic carbocycles. The summed E-state index contributed by atoms with van der Waals surface area (Å²) in [4.78, 5) is 27.0. The summed E-state index contributed by atoms with van der Waals surface area (Å²) in [5.74, 6) is 0.436. The van der Waals surface area contributed by atoms with Crippen molar-refractivity contribution in [3.8, 4) is 0 Å². The SMILES string of the molecule is NC(=O)Nc1ccc(C(=O)NCC2CCN(Cc3cccs3)CC2)cc1. The lowest BCUT2D eigenvalue weighted by Crippen LogP contribution is -2.38. The smallest absolute Gasteiger partial charge is 0.316 e. The molecule has 138 valence electrons. The lowest BCUT2D eigenvalue weighted by atomic mass is 9.96. The summed E-state index contributed by atoms with van der Waals surface area (Å²) in [5, 5.41) is 7.62. The van der Waals surface area contributed by atoms with Gasteiger partial charge in [0, 0.05) is 29.2 Å². The van der Waals surface area contributed by atoms with Crippen LogP contribution >= 0.6 is 11.3 Å². The van der Waals surface area contributed by atoms with Crippen LogP contribution in [0.4, 0.5) is 10.5 Å². The van der Waals surface area contributed by atoms with Crippen LogP contribution in [0, 0.1) is 5.92 Å². The van der Waals surface area contributed by atoms with Crippen LogP contribution in [-0.2, 0) is 6.54 Å². The van der Waals surface area contributed by atoms with E-state index in [-0.39, 0.29) is 5.91 Å². The molecule has 6 nitrogen and oxygen atoms in total. The Morgan fingerprint density at radius 3 is 2.50 bits per heavy atom. The van der Waals surface area contributed by atoms with Gasteiger partial charge in [0.25, 0.3) is 5.91 Å². The van der Waals surface area contributed by atoms with Gasteiger partial charge in [-0.25, -0.2) is 4.79 Å². The van der Waals surface area contributed by atoms with Crippen molar-refractivity contribution in [3.05, 3.63) is 52.2 Å². The molecule has 0 atom stereocenters. The zero-order chi connectivity index (χ0) is 18.4. The molecule has 0 radical (unpaired) electrons. The largest absolute Gasteiger partial charge is 0.352 e. The molecular formula is C19H24N4O2S. The van der Waals surface area contributed by atoms with Crippen molar-refractivity contribution in [3.63, 3.8) is 0 Å². The summed E-state index contributed by atoms with van der Waals surface area (Å²) in [7, 11) is 0. The number of thiophene rings is 1. The number of carbonyl (C=O) groups excluding carboxylic acids is 2. The molecule has 2 aromatic rings. The average Bonchev–Trinajstić information content (AvgIpc) is 3.14. The number of anilines is 1. The highest BCUT2D eigenvalue weighted by Crippen LogP contribution is 2.20. The first-order chi connectivity index (χ1) is 12.6. The van der Waals surface area contributed by atoms with Gasteiger partial charge in [-0.3, -0.25) is 9.69 Å². The number of rotatable bonds is 6. The number of nitrogens with zero attached hydrogens (tertiary/aromatic N) is 1. The van der Waals surface area contributed by atoms with E-state index in [9.17, 15) is 9.59 Å². The molecule has 1 saturated heterocycles. The Hall–Kier alpha value is -2.38. The van der Waals surface area contributed by atoms with E-state index in [2.05, 4.69) is 33.0 Å². The van der Waals surface area contributed by atoms with Crippen molar-refractivity contribution in [1.29, 1.82) is 0 Å². The first-order valence-corrected chi connectivity index (χ1v) is 9.67. The molecule has 0 unspecified atom stereocenters. The summed E-state index contributed by atoms with van der Waals surface area (Å²) >= 11 is 1.80. The second-order valence-electron chi connectivity index (χ2n) is 6.58. The number of amides is 3. The first kappa shape index (κ1) is 18.4. The van der Waals surface area contributed by atoms with E-state index < -0.39 is 6.03 Å². The van der Waals surface area contributed by atoms with Gasteiger partial charge in [0.2, 0.25) is 0 Å². The Morgan fingerprint density at radius 2 is 1.88 bits per heavy atom. The van der Waals surface area contributed by atoms with Crippen molar-refractivity contribution in [2.45, 2.75) is 19.4 Å². The maximum absolute atomic E-state index is 12.3. The van der Waals surface area contributed by atoms with Gasteiger partial charge in [-0.2, -0.15) is 0 Å². The average molecular weight is 372 g/mol. The second kappa shape index (κ2) is 8.82. The monoisotopic (exact) mass is 372 g/mol. The van der Waals surface area contributed by atoms with Crippen LogP contribution in [-0.4, -0.2) is 36.5 Å². The summed E-state index contributed by atoms with van der Waals surface area (Å²) in [6.45, 7) is 3.88. The van der Waals surface area contributed by atoms with Crippen LogP contribution in [0.25, 0.3) is 0 Å². The third-order valence-corrected chi connectivity index (χ3v) is 5.49. The molecule has 2 heterocycles. The Morgan fingerprint density at radius 1 is 1.15 bits per heavy atom. The number of primary amides is 1. The van der Waals surface area contributed by atoms with Gasteiger partial charge >= 0.3 is 6.03 Å². The van der Waals surface area contributed by atoms with Crippen molar-refractivity contribution in [1.82, 2.24) is 10.2 Å². The highest BCUT2D eigenvalue weighted by molar-refractivity contribution is 7.09. The van der Waals surface area contributed by atoms with E-state index in [1.165, 1.54) is 4.88 Å². The predicted molar refractivity (Wildman–Crippen MR) is 104 cm³/mol. The molecule has 0 bridgehead atoms. The van der Waals surface area contributed by atoms with Gasteiger partial charge in [-0.15, -0.1) is 11.3 Å². The molecule has 7 heteroatoms. The molecule has 0 aliphatic carbocycles. The molecule has 0 spiro atoms. The standard InChI is InChI=1S/C19H24N4O2S/c20-19(25)22-16-5-3-15(4-6-16)18(24)21-12-14-7-9-23(10-8-14)13-17-2-1-11-26-17/h1-6,11,14H,7-10,12-13H2,(H,21,24)(H3,20,22,25). The van der Waals surface area contributed by atoms with E-state index in [1.807, 2.05) is 0 Å². The number of benzene rings is 1. The minimum absolute atomic E-state index is 0.0864. The Kier molecular flexibility index (Phi) is 6.25. The number of nitrogens with two attached hydrogens (primary N) is 1. The van der Waals surface area contributed by atoms with Crippen molar-refractivity contribution >= 4 is 29.0 Å². The van der Waals surface area contributed by atoms with Gasteiger partial charge < -0.3 is 16.4 Å². The lowest BCUT2D eigenvalue weighted by molar-refractivity contribution is 0.0935. The topological polar surface area (TPSA) is 87.5 Å². The van der Waals surface area contributed by atoms with Crippen LogP contribution in [0.5, 0.6) is 0 Å². The van der Waals surface area contributed by atoms with Gasteiger partial charge in [-0.1, -0.05) is 6.07 Å². The minimum Gasteiger partial charge on any atom is -0.352 e. The molecule has 0 saturated carbocycles. The Balaban J connectivity index is 1.40. The number of hydrogen-bond acceptors (Lipinski definition) is 4. The van der Waals surface area contributed by atoms with Crippen molar-refractivity contribution in [2.24, 2.45) is 11.7 Å². The zero-order valence-corrected chi connectivity index (χ0v) is 15.4. The van der Waals surface area contributed by atoms with Crippen molar-refractivity contribution in [2.75, 3.05) is 25.0 Å². The zero-order valence-electron chi connectivity index (χ0n) is 14.6.